The van der Waals surface area contributed by atoms with E-state index in [1.807, 2.05) is 44.1 Å². The molecule has 0 atom stereocenters. The van der Waals surface area contributed by atoms with Gasteiger partial charge in [-0.05, 0) is 39.2 Å². The first-order valence-corrected chi connectivity index (χ1v) is 7.58. The maximum absolute atomic E-state index is 12.9. The highest BCUT2D eigenvalue weighted by molar-refractivity contribution is 5.94. The van der Waals surface area contributed by atoms with E-state index in [4.69, 9.17) is 4.74 Å². The molecule has 6 nitrogen and oxygen atoms in total. The van der Waals surface area contributed by atoms with Gasteiger partial charge in [-0.1, -0.05) is 6.07 Å². The summed E-state index contributed by atoms with van der Waals surface area (Å²) >= 11 is 0. The van der Waals surface area contributed by atoms with Crippen LogP contribution < -0.4 is 4.74 Å². The summed E-state index contributed by atoms with van der Waals surface area (Å²) in [5.41, 5.74) is 2.49. The average Bonchev–Trinajstić information content (AvgIpc) is 2.95. The summed E-state index contributed by atoms with van der Waals surface area (Å²) in [6.45, 7) is 3.87. The van der Waals surface area contributed by atoms with Crippen molar-refractivity contribution in [3.8, 4) is 5.75 Å². The molecule has 0 radical (unpaired) electrons. The standard InChI is InChI=1S/C17H24N4O2/c1-13-16(19-12-18-13)11-21(9-8-20(2)3)17(22)14-6-5-7-15(10-14)23-4/h5-7,10,12H,8-9,11H2,1-4H3,(H,18,19). The number of carbonyl (C=O) groups excluding carboxylic acids is 1. The average molecular weight is 316 g/mol. The zero-order valence-electron chi connectivity index (χ0n) is 14.2. The lowest BCUT2D eigenvalue weighted by Crippen LogP contribution is -2.36. The van der Waals surface area contributed by atoms with E-state index in [2.05, 4.69) is 14.9 Å². The number of H-pyrrole nitrogens is 1. The SMILES string of the molecule is COc1cccc(C(=O)N(CCN(C)C)Cc2nc[nH]c2C)c1. The van der Waals surface area contributed by atoms with Crippen LogP contribution in [-0.4, -0.2) is 60.0 Å². The number of rotatable bonds is 7. The van der Waals surface area contributed by atoms with Gasteiger partial charge >= 0.3 is 0 Å². The number of amides is 1. The van der Waals surface area contributed by atoms with Crippen molar-refractivity contribution >= 4 is 5.91 Å². The number of nitrogens with zero attached hydrogens (tertiary/aromatic N) is 3. The number of imidazole rings is 1. The molecule has 0 bridgehead atoms. The molecule has 0 aliphatic carbocycles. The molecule has 1 aromatic heterocycles. The van der Waals surface area contributed by atoms with Crippen molar-refractivity contribution in [3.05, 3.63) is 47.5 Å². The summed E-state index contributed by atoms with van der Waals surface area (Å²) in [6.07, 6.45) is 1.66. The molecule has 6 heteroatoms. The van der Waals surface area contributed by atoms with Crippen molar-refractivity contribution in [2.45, 2.75) is 13.5 Å². The quantitative estimate of drug-likeness (QED) is 0.848. The summed E-state index contributed by atoms with van der Waals surface area (Å²) in [4.78, 5) is 24.1. The number of aryl methyl sites for hydroxylation is 1. The van der Waals surface area contributed by atoms with Gasteiger partial charge in [0.25, 0.3) is 5.91 Å². The van der Waals surface area contributed by atoms with Crippen molar-refractivity contribution in [2.24, 2.45) is 0 Å². The maximum Gasteiger partial charge on any atom is 0.254 e. The van der Waals surface area contributed by atoms with E-state index in [-0.39, 0.29) is 5.91 Å². The molecule has 0 aliphatic rings. The van der Waals surface area contributed by atoms with Gasteiger partial charge in [0.05, 0.1) is 25.7 Å². The second-order valence-electron chi connectivity index (χ2n) is 5.74. The minimum absolute atomic E-state index is 0.0202. The molecule has 0 saturated carbocycles. The van der Waals surface area contributed by atoms with Gasteiger partial charge in [-0.2, -0.15) is 0 Å². The molecule has 1 heterocycles. The van der Waals surface area contributed by atoms with Crippen LogP contribution >= 0.6 is 0 Å². The molecule has 1 amide bonds. The Bertz CT molecular complexity index is 652. The summed E-state index contributed by atoms with van der Waals surface area (Å²) in [5.74, 6) is 0.660. The number of likely N-dealkylation sites (N-methyl/N-ethyl adjacent to an activating group) is 1. The number of nitrogens with one attached hydrogen (secondary N) is 1. The largest absolute Gasteiger partial charge is 0.497 e. The number of methoxy groups -OCH3 is 1. The smallest absolute Gasteiger partial charge is 0.254 e. The molecule has 1 N–H and O–H groups in total. The molecular weight excluding hydrogens is 292 g/mol. The fraction of sp³-hybridized carbons (Fsp3) is 0.412. The predicted molar refractivity (Wildman–Crippen MR) is 89.6 cm³/mol. The molecule has 2 aromatic rings. The molecule has 23 heavy (non-hydrogen) atoms. The molecule has 0 saturated heterocycles. The molecule has 124 valence electrons. The van der Waals surface area contributed by atoms with Crippen LogP contribution in [0, 0.1) is 6.92 Å². The van der Waals surface area contributed by atoms with Gasteiger partial charge in [0, 0.05) is 24.3 Å². The predicted octanol–water partition coefficient (Wildman–Crippen LogP) is 1.93. The zero-order valence-corrected chi connectivity index (χ0v) is 14.2. The highest BCUT2D eigenvalue weighted by Gasteiger charge is 2.18. The number of carbonyl (C=O) groups is 1. The minimum Gasteiger partial charge on any atom is -0.497 e. The first kappa shape index (κ1) is 17.0. The zero-order chi connectivity index (χ0) is 16.8. The van der Waals surface area contributed by atoms with Crippen LogP contribution in [0.2, 0.25) is 0 Å². The van der Waals surface area contributed by atoms with Gasteiger partial charge in [0.2, 0.25) is 0 Å². The highest BCUT2D eigenvalue weighted by atomic mass is 16.5. The fourth-order valence-corrected chi connectivity index (χ4v) is 2.24. The van der Waals surface area contributed by atoms with Gasteiger partial charge in [0.1, 0.15) is 5.75 Å². The minimum atomic E-state index is -0.0202. The van der Waals surface area contributed by atoms with Crippen LogP contribution in [0.3, 0.4) is 0 Å². The number of benzene rings is 1. The summed E-state index contributed by atoms with van der Waals surface area (Å²) < 4.78 is 5.21. The van der Waals surface area contributed by atoms with E-state index in [1.54, 1.807) is 19.5 Å². The van der Waals surface area contributed by atoms with Crippen LogP contribution in [0.5, 0.6) is 5.75 Å². The summed E-state index contributed by atoms with van der Waals surface area (Å²) in [7, 11) is 5.59. The molecule has 2 rings (SSSR count). The Balaban J connectivity index is 2.20. The Morgan fingerprint density at radius 2 is 2.09 bits per heavy atom. The van der Waals surface area contributed by atoms with Gasteiger partial charge in [0.15, 0.2) is 0 Å². The second-order valence-corrected chi connectivity index (χ2v) is 5.74. The van der Waals surface area contributed by atoms with Crippen LogP contribution in [0.1, 0.15) is 21.7 Å². The lowest BCUT2D eigenvalue weighted by molar-refractivity contribution is 0.0729. The van der Waals surface area contributed by atoms with Crippen LogP contribution in [0.25, 0.3) is 0 Å². The molecule has 0 spiro atoms. The third-order valence-electron chi connectivity index (χ3n) is 3.70. The topological polar surface area (TPSA) is 61.5 Å². The lowest BCUT2D eigenvalue weighted by Gasteiger charge is -2.24. The molecule has 1 aromatic carbocycles. The first-order valence-electron chi connectivity index (χ1n) is 7.58. The first-order chi connectivity index (χ1) is 11.0. The Kier molecular flexibility index (Phi) is 5.76. The van der Waals surface area contributed by atoms with Gasteiger partial charge in [-0.15, -0.1) is 0 Å². The third-order valence-corrected chi connectivity index (χ3v) is 3.70. The van der Waals surface area contributed by atoms with Gasteiger partial charge in [-0.3, -0.25) is 4.79 Å². The van der Waals surface area contributed by atoms with Crippen LogP contribution in [-0.2, 0) is 6.54 Å². The van der Waals surface area contributed by atoms with E-state index >= 15 is 0 Å². The van der Waals surface area contributed by atoms with E-state index in [1.165, 1.54) is 0 Å². The maximum atomic E-state index is 12.9. The van der Waals surface area contributed by atoms with Crippen molar-refractivity contribution in [1.82, 2.24) is 19.8 Å². The van der Waals surface area contributed by atoms with Gasteiger partial charge in [-0.25, -0.2) is 4.98 Å². The van der Waals surface area contributed by atoms with Crippen molar-refractivity contribution in [2.75, 3.05) is 34.3 Å². The van der Waals surface area contributed by atoms with Crippen molar-refractivity contribution in [1.29, 1.82) is 0 Å². The normalized spacial score (nSPS) is 10.8. The Labute approximate surface area is 137 Å². The van der Waals surface area contributed by atoms with Crippen molar-refractivity contribution < 1.29 is 9.53 Å². The highest BCUT2D eigenvalue weighted by Crippen LogP contribution is 2.16. The van der Waals surface area contributed by atoms with E-state index in [9.17, 15) is 4.79 Å². The molecule has 0 fully saturated rings. The van der Waals surface area contributed by atoms with Crippen LogP contribution in [0.15, 0.2) is 30.6 Å². The fourth-order valence-electron chi connectivity index (χ4n) is 2.24. The third kappa shape index (κ3) is 4.56. The lowest BCUT2D eigenvalue weighted by atomic mass is 10.1. The number of ether oxygens (including phenoxy) is 1. The number of aromatic amines is 1. The number of hydrogen-bond acceptors (Lipinski definition) is 4. The summed E-state index contributed by atoms with van der Waals surface area (Å²) in [6, 6.07) is 7.24. The molecule has 0 unspecified atom stereocenters. The van der Waals surface area contributed by atoms with E-state index in [0.717, 1.165) is 17.9 Å². The van der Waals surface area contributed by atoms with E-state index < -0.39 is 0 Å². The summed E-state index contributed by atoms with van der Waals surface area (Å²) in [5, 5.41) is 0. The Hall–Kier alpha value is -2.34. The van der Waals surface area contributed by atoms with Crippen molar-refractivity contribution in [3.63, 3.8) is 0 Å². The van der Waals surface area contributed by atoms with Crippen LogP contribution in [0.4, 0.5) is 0 Å². The second kappa shape index (κ2) is 7.78. The van der Waals surface area contributed by atoms with E-state index in [0.29, 0.717) is 24.4 Å². The molecule has 0 aliphatic heterocycles. The number of aromatic nitrogens is 2. The Morgan fingerprint density at radius 1 is 1.30 bits per heavy atom. The molecular formula is C17H24N4O2. The number of hydrogen-bond donors (Lipinski definition) is 1. The van der Waals surface area contributed by atoms with Gasteiger partial charge < -0.3 is 19.5 Å². The Morgan fingerprint density at radius 3 is 2.70 bits per heavy atom. The monoisotopic (exact) mass is 316 g/mol.